The Labute approximate surface area is 129 Å². The molecule has 1 heterocycles. The van der Waals surface area contributed by atoms with Crippen LogP contribution in [-0.4, -0.2) is 4.57 Å². The van der Waals surface area contributed by atoms with Crippen molar-refractivity contribution in [3.63, 3.8) is 0 Å². The number of hydrogen-bond acceptors (Lipinski definition) is 1. The van der Waals surface area contributed by atoms with E-state index in [1.807, 2.05) is 24.3 Å². The summed E-state index contributed by atoms with van der Waals surface area (Å²) in [6, 6.07) is 27.0. The predicted octanol–water partition coefficient (Wildman–Crippen LogP) is 4.88. The summed E-state index contributed by atoms with van der Waals surface area (Å²) in [6.45, 7) is 0. The van der Waals surface area contributed by atoms with Crippen molar-refractivity contribution in [2.24, 2.45) is 0 Å². The quantitative estimate of drug-likeness (QED) is 0.522. The van der Waals surface area contributed by atoms with Crippen LogP contribution in [0.1, 0.15) is 0 Å². The van der Waals surface area contributed by atoms with E-state index < -0.39 is 0 Å². The molecule has 0 aliphatic rings. The average Bonchev–Trinajstić information content (AvgIpc) is 3.00. The monoisotopic (exact) mass is 284 g/mol. The molecule has 0 saturated heterocycles. The maximum Gasteiger partial charge on any atom is 0.0534 e. The fourth-order valence-electron chi connectivity index (χ4n) is 2.94. The molecule has 0 saturated carbocycles. The topological polar surface area (TPSA) is 30.9 Å². The molecule has 0 atom stereocenters. The minimum absolute atomic E-state index is 0.776. The molecule has 2 nitrogen and oxygen atoms in total. The van der Waals surface area contributed by atoms with Gasteiger partial charge in [0, 0.05) is 23.0 Å². The lowest BCUT2D eigenvalue weighted by molar-refractivity contribution is 1.13. The molecule has 0 unspecified atom stereocenters. The Morgan fingerprint density at radius 1 is 0.727 bits per heavy atom. The van der Waals surface area contributed by atoms with E-state index in [9.17, 15) is 0 Å². The standard InChI is InChI=1S/C20H16N2/c21-16-8-4-9-17(14-16)22-13-12-19-18(10-5-11-20(19)22)15-6-2-1-3-7-15/h1-14H,21H2. The molecule has 2 heteroatoms. The lowest BCUT2D eigenvalue weighted by Crippen LogP contribution is -1.93. The van der Waals surface area contributed by atoms with Gasteiger partial charge in [-0.15, -0.1) is 0 Å². The second-order valence-electron chi connectivity index (χ2n) is 5.39. The summed E-state index contributed by atoms with van der Waals surface area (Å²) < 4.78 is 2.18. The van der Waals surface area contributed by atoms with E-state index in [0.29, 0.717) is 0 Å². The first-order chi connectivity index (χ1) is 10.8. The molecule has 0 fully saturated rings. The Hall–Kier alpha value is -3.00. The molecule has 22 heavy (non-hydrogen) atoms. The maximum absolute atomic E-state index is 5.92. The molecule has 4 rings (SSSR count). The van der Waals surface area contributed by atoms with Crippen LogP contribution >= 0.6 is 0 Å². The summed E-state index contributed by atoms with van der Waals surface area (Å²) in [5, 5.41) is 1.25. The lowest BCUT2D eigenvalue weighted by Gasteiger charge is -2.08. The van der Waals surface area contributed by atoms with E-state index in [-0.39, 0.29) is 0 Å². The number of fused-ring (bicyclic) bond motifs is 1. The van der Waals surface area contributed by atoms with Crippen molar-refractivity contribution in [3.05, 3.63) is 85.1 Å². The maximum atomic E-state index is 5.92. The highest BCUT2D eigenvalue weighted by atomic mass is 15.0. The lowest BCUT2D eigenvalue weighted by atomic mass is 10.0. The van der Waals surface area contributed by atoms with Crippen LogP contribution < -0.4 is 5.73 Å². The number of nitrogens with two attached hydrogens (primary N) is 1. The van der Waals surface area contributed by atoms with Gasteiger partial charge in [0.05, 0.1) is 5.52 Å². The molecule has 0 radical (unpaired) electrons. The molecule has 4 aromatic rings. The molecule has 0 aliphatic heterocycles. The molecular weight excluding hydrogens is 268 g/mol. The first kappa shape index (κ1) is 12.7. The number of hydrogen-bond donors (Lipinski definition) is 1. The van der Waals surface area contributed by atoms with E-state index in [4.69, 9.17) is 5.73 Å². The Balaban J connectivity index is 1.94. The SMILES string of the molecule is Nc1cccc(-n2ccc3c(-c4ccccc4)cccc32)c1. The number of rotatable bonds is 2. The van der Waals surface area contributed by atoms with Crippen molar-refractivity contribution in [2.75, 3.05) is 5.73 Å². The molecule has 1 aromatic heterocycles. The highest BCUT2D eigenvalue weighted by Gasteiger charge is 2.08. The van der Waals surface area contributed by atoms with Gasteiger partial charge in [0.15, 0.2) is 0 Å². The first-order valence-electron chi connectivity index (χ1n) is 7.34. The van der Waals surface area contributed by atoms with Gasteiger partial charge in [0.25, 0.3) is 0 Å². The Kier molecular flexibility index (Phi) is 2.94. The summed E-state index contributed by atoms with van der Waals surface area (Å²) in [5.74, 6) is 0. The van der Waals surface area contributed by atoms with Gasteiger partial charge in [-0.05, 0) is 41.5 Å². The van der Waals surface area contributed by atoms with Crippen LogP contribution in [0.15, 0.2) is 85.1 Å². The fourth-order valence-corrected chi connectivity index (χ4v) is 2.94. The molecule has 106 valence electrons. The fraction of sp³-hybridized carbons (Fsp3) is 0. The van der Waals surface area contributed by atoms with Gasteiger partial charge in [-0.1, -0.05) is 48.5 Å². The van der Waals surface area contributed by atoms with E-state index in [2.05, 4.69) is 65.4 Å². The number of aromatic nitrogens is 1. The van der Waals surface area contributed by atoms with Crippen LogP contribution in [0, 0.1) is 0 Å². The number of anilines is 1. The van der Waals surface area contributed by atoms with Crippen molar-refractivity contribution in [3.8, 4) is 16.8 Å². The van der Waals surface area contributed by atoms with Gasteiger partial charge in [-0.25, -0.2) is 0 Å². The molecule has 2 N–H and O–H groups in total. The third-order valence-electron chi connectivity index (χ3n) is 3.97. The van der Waals surface area contributed by atoms with Gasteiger partial charge in [-0.2, -0.15) is 0 Å². The zero-order valence-electron chi connectivity index (χ0n) is 12.1. The largest absolute Gasteiger partial charge is 0.399 e. The molecule has 0 aliphatic carbocycles. The molecule has 3 aromatic carbocycles. The van der Waals surface area contributed by atoms with E-state index in [1.54, 1.807) is 0 Å². The molecular formula is C20H16N2. The zero-order chi connectivity index (χ0) is 14.9. The van der Waals surface area contributed by atoms with E-state index in [0.717, 1.165) is 11.4 Å². The summed E-state index contributed by atoms with van der Waals surface area (Å²) >= 11 is 0. The van der Waals surface area contributed by atoms with Crippen molar-refractivity contribution >= 4 is 16.6 Å². The molecule has 0 amide bonds. The third kappa shape index (κ3) is 2.06. The normalized spacial score (nSPS) is 10.9. The van der Waals surface area contributed by atoms with Crippen molar-refractivity contribution in [2.45, 2.75) is 0 Å². The van der Waals surface area contributed by atoms with Crippen molar-refractivity contribution < 1.29 is 0 Å². The second-order valence-corrected chi connectivity index (χ2v) is 5.39. The Bertz CT molecular complexity index is 936. The summed E-state index contributed by atoms with van der Waals surface area (Å²) in [7, 11) is 0. The van der Waals surface area contributed by atoms with Crippen LogP contribution in [0.25, 0.3) is 27.7 Å². The third-order valence-corrected chi connectivity index (χ3v) is 3.97. The predicted molar refractivity (Wildman–Crippen MR) is 93.1 cm³/mol. The minimum Gasteiger partial charge on any atom is -0.399 e. The first-order valence-corrected chi connectivity index (χ1v) is 7.34. The van der Waals surface area contributed by atoms with Crippen molar-refractivity contribution in [1.82, 2.24) is 4.57 Å². The number of benzene rings is 3. The Morgan fingerprint density at radius 2 is 1.55 bits per heavy atom. The van der Waals surface area contributed by atoms with Crippen LogP contribution in [0.3, 0.4) is 0 Å². The molecule has 0 spiro atoms. The van der Waals surface area contributed by atoms with E-state index >= 15 is 0 Å². The zero-order valence-corrected chi connectivity index (χ0v) is 12.1. The number of nitrogens with zero attached hydrogens (tertiary/aromatic N) is 1. The minimum atomic E-state index is 0.776. The van der Waals surface area contributed by atoms with Crippen LogP contribution in [-0.2, 0) is 0 Å². The summed E-state index contributed by atoms with van der Waals surface area (Å²) in [6.07, 6.45) is 2.10. The van der Waals surface area contributed by atoms with E-state index in [1.165, 1.54) is 22.0 Å². The smallest absolute Gasteiger partial charge is 0.0534 e. The highest BCUT2D eigenvalue weighted by Crippen LogP contribution is 2.30. The Morgan fingerprint density at radius 3 is 2.36 bits per heavy atom. The van der Waals surface area contributed by atoms with Gasteiger partial charge >= 0.3 is 0 Å². The van der Waals surface area contributed by atoms with Gasteiger partial charge in [0.1, 0.15) is 0 Å². The summed E-state index contributed by atoms with van der Waals surface area (Å²) in [5.41, 5.74) is 11.4. The van der Waals surface area contributed by atoms with Gasteiger partial charge in [-0.3, -0.25) is 0 Å². The van der Waals surface area contributed by atoms with Gasteiger partial charge < -0.3 is 10.3 Å². The highest BCUT2D eigenvalue weighted by molar-refractivity contribution is 5.96. The number of nitrogen functional groups attached to an aromatic ring is 1. The summed E-state index contributed by atoms with van der Waals surface area (Å²) in [4.78, 5) is 0. The van der Waals surface area contributed by atoms with Crippen LogP contribution in [0.4, 0.5) is 5.69 Å². The second kappa shape index (κ2) is 5.08. The average molecular weight is 284 g/mol. The van der Waals surface area contributed by atoms with Crippen LogP contribution in [0.5, 0.6) is 0 Å². The van der Waals surface area contributed by atoms with Gasteiger partial charge in [0.2, 0.25) is 0 Å². The van der Waals surface area contributed by atoms with Crippen molar-refractivity contribution in [1.29, 1.82) is 0 Å². The molecule has 0 bridgehead atoms. The van der Waals surface area contributed by atoms with Crippen LogP contribution in [0.2, 0.25) is 0 Å².